The van der Waals surface area contributed by atoms with E-state index in [9.17, 15) is 8.42 Å². The first kappa shape index (κ1) is 16.7. The highest BCUT2D eigenvalue weighted by atomic mass is 35.5. The summed E-state index contributed by atoms with van der Waals surface area (Å²) in [7, 11) is -3.31. The summed E-state index contributed by atoms with van der Waals surface area (Å²) in [5, 5.41) is -0.104. The van der Waals surface area contributed by atoms with Crippen LogP contribution in [0.15, 0.2) is 24.3 Å². The Morgan fingerprint density at radius 1 is 1.52 bits per heavy atom. The van der Waals surface area contributed by atoms with Gasteiger partial charge >= 0.3 is 0 Å². The summed E-state index contributed by atoms with van der Waals surface area (Å²) < 4.78 is 29.7. The number of ether oxygens (including phenoxy) is 1. The van der Waals surface area contributed by atoms with Crippen LogP contribution < -0.4 is 5.73 Å². The van der Waals surface area contributed by atoms with Crippen molar-refractivity contribution in [3.05, 3.63) is 34.9 Å². The first-order valence-corrected chi connectivity index (χ1v) is 9.31. The second-order valence-corrected chi connectivity index (χ2v) is 8.37. The number of halogens is 1. The molecule has 4 nitrogen and oxygen atoms in total. The van der Waals surface area contributed by atoms with Crippen molar-refractivity contribution in [1.29, 1.82) is 0 Å². The fraction of sp³-hybridized carbons (Fsp3) is 0.500. The van der Waals surface area contributed by atoms with Crippen molar-refractivity contribution in [2.24, 2.45) is 11.1 Å². The smallest absolute Gasteiger partial charge is 0.152 e. The van der Waals surface area contributed by atoms with Gasteiger partial charge in [-0.15, -0.1) is 0 Å². The van der Waals surface area contributed by atoms with E-state index in [0.717, 1.165) is 5.56 Å². The SMILES string of the molecule is CCOC[C@]1(C(N)=S)[C@H](c2cccc(Cl)c2)[C@@H]1S(C)(=O)=O. The van der Waals surface area contributed by atoms with Gasteiger partial charge in [0.05, 0.1) is 22.3 Å². The Kier molecular flexibility index (Phi) is 4.63. The monoisotopic (exact) mass is 347 g/mol. The molecule has 0 saturated heterocycles. The molecule has 1 saturated carbocycles. The van der Waals surface area contributed by atoms with Crippen LogP contribution in [0.3, 0.4) is 0 Å². The van der Waals surface area contributed by atoms with Gasteiger partial charge in [0.25, 0.3) is 0 Å². The molecule has 1 aliphatic rings. The summed E-state index contributed by atoms with van der Waals surface area (Å²) in [6, 6.07) is 7.14. The summed E-state index contributed by atoms with van der Waals surface area (Å²) in [5.41, 5.74) is 5.86. The Morgan fingerprint density at radius 2 is 2.19 bits per heavy atom. The molecule has 1 aromatic rings. The fourth-order valence-electron chi connectivity index (χ4n) is 3.01. The fourth-order valence-corrected chi connectivity index (χ4v) is 5.52. The van der Waals surface area contributed by atoms with E-state index < -0.39 is 20.5 Å². The van der Waals surface area contributed by atoms with Gasteiger partial charge in [-0.05, 0) is 24.6 Å². The first-order valence-electron chi connectivity index (χ1n) is 6.57. The van der Waals surface area contributed by atoms with Crippen LogP contribution in [0.2, 0.25) is 5.02 Å². The van der Waals surface area contributed by atoms with Crippen molar-refractivity contribution in [3.8, 4) is 0 Å². The average Bonchev–Trinajstić information content (AvgIpc) is 3.07. The van der Waals surface area contributed by atoms with E-state index in [1.807, 2.05) is 13.0 Å². The van der Waals surface area contributed by atoms with Gasteiger partial charge in [-0.2, -0.15) is 0 Å². The number of thiocarbonyl (C=S) groups is 1. The highest BCUT2D eigenvalue weighted by Crippen LogP contribution is 2.63. The normalized spacial score (nSPS) is 28.3. The zero-order valence-corrected chi connectivity index (χ0v) is 14.3. The van der Waals surface area contributed by atoms with Crippen LogP contribution in [-0.4, -0.2) is 38.1 Å². The van der Waals surface area contributed by atoms with Crippen LogP contribution in [-0.2, 0) is 14.6 Å². The van der Waals surface area contributed by atoms with Gasteiger partial charge in [0.15, 0.2) is 9.84 Å². The van der Waals surface area contributed by atoms with Crippen molar-refractivity contribution in [3.63, 3.8) is 0 Å². The Morgan fingerprint density at radius 3 is 2.67 bits per heavy atom. The van der Waals surface area contributed by atoms with E-state index in [2.05, 4.69) is 0 Å². The second-order valence-electron chi connectivity index (χ2n) is 5.32. The van der Waals surface area contributed by atoms with Gasteiger partial charge in [0, 0.05) is 23.8 Å². The van der Waals surface area contributed by atoms with Gasteiger partial charge in [-0.1, -0.05) is 36.0 Å². The van der Waals surface area contributed by atoms with Crippen LogP contribution >= 0.6 is 23.8 Å². The Hall–Kier alpha value is -0.690. The van der Waals surface area contributed by atoms with Crippen LogP contribution in [0, 0.1) is 5.41 Å². The number of rotatable bonds is 6. The lowest BCUT2D eigenvalue weighted by molar-refractivity contribution is 0.121. The zero-order chi connectivity index (χ0) is 15.8. The van der Waals surface area contributed by atoms with E-state index in [0.29, 0.717) is 11.6 Å². The van der Waals surface area contributed by atoms with Gasteiger partial charge in [-0.3, -0.25) is 0 Å². The van der Waals surface area contributed by atoms with Crippen molar-refractivity contribution in [2.45, 2.75) is 18.1 Å². The number of hydrogen-bond acceptors (Lipinski definition) is 4. The maximum atomic E-state index is 12.1. The maximum Gasteiger partial charge on any atom is 0.152 e. The molecule has 21 heavy (non-hydrogen) atoms. The van der Waals surface area contributed by atoms with Gasteiger partial charge in [0.2, 0.25) is 0 Å². The number of sulfone groups is 1. The van der Waals surface area contributed by atoms with E-state index >= 15 is 0 Å². The summed E-state index contributed by atoms with van der Waals surface area (Å²) in [6.45, 7) is 2.52. The summed E-state index contributed by atoms with van der Waals surface area (Å²) >= 11 is 11.2. The Bertz CT molecular complexity index is 662. The van der Waals surface area contributed by atoms with Crippen LogP contribution in [0.25, 0.3) is 0 Å². The molecular weight excluding hydrogens is 330 g/mol. The van der Waals surface area contributed by atoms with E-state index in [1.54, 1.807) is 18.2 Å². The minimum atomic E-state index is -3.31. The predicted molar refractivity (Wildman–Crippen MR) is 88.5 cm³/mol. The lowest BCUT2D eigenvalue weighted by atomic mass is 10.00. The van der Waals surface area contributed by atoms with Crippen LogP contribution in [0.4, 0.5) is 0 Å². The number of nitrogens with two attached hydrogens (primary N) is 1. The maximum absolute atomic E-state index is 12.1. The molecule has 1 aromatic carbocycles. The minimum Gasteiger partial charge on any atom is -0.393 e. The molecule has 0 unspecified atom stereocenters. The third-order valence-electron chi connectivity index (χ3n) is 3.93. The summed E-state index contributed by atoms with van der Waals surface area (Å²) in [5.74, 6) is -0.310. The molecule has 0 spiro atoms. The Labute approximate surface area is 135 Å². The summed E-state index contributed by atoms with van der Waals surface area (Å²) in [4.78, 5) is 0.177. The van der Waals surface area contributed by atoms with Crippen molar-refractivity contribution < 1.29 is 13.2 Å². The van der Waals surface area contributed by atoms with Crippen molar-refractivity contribution in [1.82, 2.24) is 0 Å². The van der Waals surface area contributed by atoms with Gasteiger partial charge in [0.1, 0.15) is 0 Å². The van der Waals surface area contributed by atoms with E-state index in [-0.39, 0.29) is 17.5 Å². The van der Waals surface area contributed by atoms with E-state index in [1.165, 1.54) is 6.26 Å². The van der Waals surface area contributed by atoms with Gasteiger partial charge in [-0.25, -0.2) is 8.42 Å². The van der Waals surface area contributed by atoms with Gasteiger partial charge < -0.3 is 10.5 Å². The largest absolute Gasteiger partial charge is 0.393 e. The molecule has 2 rings (SSSR count). The van der Waals surface area contributed by atoms with E-state index in [4.69, 9.17) is 34.3 Å². The van der Waals surface area contributed by atoms with Crippen molar-refractivity contribution in [2.75, 3.05) is 19.5 Å². The highest BCUT2D eigenvalue weighted by molar-refractivity contribution is 7.92. The van der Waals surface area contributed by atoms with Crippen LogP contribution in [0.5, 0.6) is 0 Å². The third kappa shape index (κ3) is 2.95. The second kappa shape index (κ2) is 5.83. The number of benzene rings is 1. The molecule has 0 aromatic heterocycles. The molecule has 0 heterocycles. The molecule has 116 valence electrons. The summed E-state index contributed by atoms with van der Waals surface area (Å²) in [6.07, 6.45) is 1.21. The molecule has 2 N–H and O–H groups in total. The quantitative estimate of drug-likeness (QED) is 0.798. The number of hydrogen-bond donors (Lipinski definition) is 1. The molecule has 0 bridgehead atoms. The lowest BCUT2D eigenvalue weighted by Crippen LogP contribution is -2.33. The minimum absolute atomic E-state index is 0.177. The Balaban J connectivity index is 2.49. The topological polar surface area (TPSA) is 69.4 Å². The molecule has 0 aliphatic heterocycles. The average molecular weight is 348 g/mol. The molecule has 7 heteroatoms. The standard InChI is InChI=1S/C14H18ClNO3S2/c1-3-19-8-14(13(16)20)11(12(14)21(2,17)18)9-5-4-6-10(15)7-9/h4-7,11-12H,3,8H2,1-2H3,(H2,16,20)/t11-,12+,14+/m1/s1. The first-order chi connectivity index (χ1) is 9.75. The molecular formula is C14H18ClNO3S2. The highest BCUT2D eigenvalue weighted by Gasteiger charge is 2.71. The third-order valence-corrected chi connectivity index (χ3v) is 6.16. The van der Waals surface area contributed by atoms with Crippen molar-refractivity contribution >= 4 is 38.6 Å². The molecule has 1 fully saturated rings. The molecule has 3 atom stereocenters. The molecule has 1 aliphatic carbocycles. The predicted octanol–water partition coefficient (Wildman–Crippen LogP) is 2.16. The molecule has 0 amide bonds. The van der Waals surface area contributed by atoms with Crippen LogP contribution in [0.1, 0.15) is 18.4 Å². The molecule has 0 radical (unpaired) electrons. The lowest BCUT2D eigenvalue weighted by Gasteiger charge is -2.16. The zero-order valence-electron chi connectivity index (χ0n) is 11.9.